The molecule has 0 aliphatic carbocycles. The van der Waals surface area contributed by atoms with Gasteiger partial charge in [-0.05, 0) is 36.8 Å². The molecule has 0 saturated carbocycles. The summed E-state index contributed by atoms with van der Waals surface area (Å²) < 4.78 is 13.2. The SMILES string of the molecule is Cc1ccc(F)cc1NCc1cnn(-c2ccccc2)n1. The first-order valence-corrected chi connectivity index (χ1v) is 6.69. The molecule has 0 saturated heterocycles. The summed E-state index contributed by atoms with van der Waals surface area (Å²) in [5, 5.41) is 11.8. The van der Waals surface area contributed by atoms with Crippen LogP contribution in [0.1, 0.15) is 11.3 Å². The number of para-hydroxylation sites is 1. The third kappa shape index (κ3) is 3.08. The molecule has 0 atom stereocenters. The summed E-state index contributed by atoms with van der Waals surface area (Å²) in [5.41, 5.74) is 3.46. The number of anilines is 1. The summed E-state index contributed by atoms with van der Waals surface area (Å²) in [6, 6.07) is 14.4. The lowest BCUT2D eigenvalue weighted by molar-refractivity contribution is 0.627. The number of halogens is 1. The first-order chi connectivity index (χ1) is 10.2. The van der Waals surface area contributed by atoms with Crippen molar-refractivity contribution in [2.75, 3.05) is 5.32 Å². The van der Waals surface area contributed by atoms with Crippen molar-refractivity contribution < 1.29 is 4.39 Å². The molecule has 3 rings (SSSR count). The summed E-state index contributed by atoms with van der Waals surface area (Å²) in [7, 11) is 0. The van der Waals surface area contributed by atoms with Gasteiger partial charge in [0.2, 0.25) is 0 Å². The lowest BCUT2D eigenvalue weighted by Gasteiger charge is -2.07. The molecule has 0 unspecified atom stereocenters. The van der Waals surface area contributed by atoms with Crippen molar-refractivity contribution in [3.8, 4) is 5.69 Å². The van der Waals surface area contributed by atoms with E-state index in [4.69, 9.17) is 0 Å². The molecule has 21 heavy (non-hydrogen) atoms. The summed E-state index contributed by atoms with van der Waals surface area (Å²) in [6.45, 7) is 2.43. The van der Waals surface area contributed by atoms with Crippen LogP contribution in [0.15, 0.2) is 54.7 Å². The molecule has 1 aromatic heterocycles. The second kappa shape index (κ2) is 5.75. The molecule has 4 nitrogen and oxygen atoms in total. The van der Waals surface area contributed by atoms with Gasteiger partial charge < -0.3 is 5.32 Å². The van der Waals surface area contributed by atoms with Crippen LogP contribution in [0.5, 0.6) is 0 Å². The molecular weight excluding hydrogens is 267 g/mol. The molecule has 1 heterocycles. The van der Waals surface area contributed by atoms with Crippen LogP contribution in [-0.4, -0.2) is 15.0 Å². The highest BCUT2D eigenvalue weighted by molar-refractivity contribution is 5.50. The summed E-state index contributed by atoms with van der Waals surface area (Å²) in [5.74, 6) is -0.254. The second-order valence-corrected chi connectivity index (χ2v) is 4.77. The maximum Gasteiger partial charge on any atom is 0.125 e. The third-order valence-corrected chi connectivity index (χ3v) is 3.19. The van der Waals surface area contributed by atoms with E-state index in [0.29, 0.717) is 6.54 Å². The maximum atomic E-state index is 13.2. The van der Waals surface area contributed by atoms with E-state index in [1.165, 1.54) is 12.1 Å². The van der Waals surface area contributed by atoms with E-state index in [1.807, 2.05) is 37.3 Å². The van der Waals surface area contributed by atoms with Gasteiger partial charge in [0.05, 0.1) is 18.4 Å². The van der Waals surface area contributed by atoms with Gasteiger partial charge in [0.25, 0.3) is 0 Å². The minimum absolute atomic E-state index is 0.254. The highest BCUT2D eigenvalue weighted by Gasteiger charge is 2.04. The molecule has 0 spiro atoms. The lowest BCUT2D eigenvalue weighted by Crippen LogP contribution is -2.04. The van der Waals surface area contributed by atoms with Gasteiger partial charge >= 0.3 is 0 Å². The Labute approximate surface area is 122 Å². The van der Waals surface area contributed by atoms with Crippen molar-refractivity contribution in [2.45, 2.75) is 13.5 Å². The van der Waals surface area contributed by atoms with Gasteiger partial charge in [-0.1, -0.05) is 24.3 Å². The van der Waals surface area contributed by atoms with Crippen molar-refractivity contribution in [1.29, 1.82) is 0 Å². The average molecular weight is 282 g/mol. The van der Waals surface area contributed by atoms with Crippen LogP contribution < -0.4 is 5.32 Å². The monoisotopic (exact) mass is 282 g/mol. The van der Waals surface area contributed by atoms with Crippen molar-refractivity contribution in [3.63, 3.8) is 0 Å². The molecule has 0 aliphatic rings. The summed E-state index contributed by atoms with van der Waals surface area (Å²) in [6.07, 6.45) is 1.70. The van der Waals surface area contributed by atoms with E-state index in [2.05, 4.69) is 15.5 Å². The Balaban J connectivity index is 1.72. The van der Waals surface area contributed by atoms with Crippen LogP contribution >= 0.6 is 0 Å². The zero-order valence-electron chi connectivity index (χ0n) is 11.6. The van der Waals surface area contributed by atoms with Crippen LogP contribution in [-0.2, 0) is 6.54 Å². The number of benzene rings is 2. The molecular formula is C16H15FN4. The summed E-state index contributed by atoms with van der Waals surface area (Å²) >= 11 is 0. The van der Waals surface area contributed by atoms with E-state index in [9.17, 15) is 4.39 Å². The topological polar surface area (TPSA) is 42.7 Å². The predicted octanol–water partition coefficient (Wildman–Crippen LogP) is 3.33. The highest BCUT2D eigenvalue weighted by Crippen LogP contribution is 2.16. The van der Waals surface area contributed by atoms with Gasteiger partial charge in [0, 0.05) is 5.69 Å². The molecule has 106 valence electrons. The first-order valence-electron chi connectivity index (χ1n) is 6.69. The van der Waals surface area contributed by atoms with Gasteiger partial charge in [0.1, 0.15) is 11.5 Å². The number of aromatic nitrogens is 3. The Morgan fingerprint density at radius 2 is 1.95 bits per heavy atom. The Kier molecular flexibility index (Phi) is 3.64. The van der Waals surface area contributed by atoms with E-state index in [1.54, 1.807) is 17.1 Å². The molecule has 0 bridgehead atoms. The Hall–Kier alpha value is -2.69. The fourth-order valence-electron chi connectivity index (χ4n) is 2.03. The lowest BCUT2D eigenvalue weighted by atomic mass is 10.2. The number of nitrogens with zero attached hydrogens (tertiary/aromatic N) is 3. The second-order valence-electron chi connectivity index (χ2n) is 4.77. The molecule has 0 amide bonds. The van der Waals surface area contributed by atoms with Gasteiger partial charge in [-0.25, -0.2) is 4.39 Å². The van der Waals surface area contributed by atoms with Crippen LogP contribution in [0.3, 0.4) is 0 Å². The highest BCUT2D eigenvalue weighted by atomic mass is 19.1. The fraction of sp³-hybridized carbons (Fsp3) is 0.125. The van der Waals surface area contributed by atoms with E-state index in [-0.39, 0.29) is 5.82 Å². The number of aryl methyl sites for hydroxylation is 1. The van der Waals surface area contributed by atoms with Crippen LogP contribution in [0.4, 0.5) is 10.1 Å². The Bertz CT molecular complexity index is 737. The zero-order chi connectivity index (χ0) is 14.7. The average Bonchev–Trinajstić information content (AvgIpc) is 2.98. The van der Waals surface area contributed by atoms with Gasteiger partial charge in [-0.2, -0.15) is 15.0 Å². The predicted molar refractivity (Wildman–Crippen MR) is 79.8 cm³/mol. The number of nitrogens with one attached hydrogen (secondary N) is 1. The fourth-order valence-corrected chi connectivity index (χ4v) is 2.03. The largest absolute Gasteiger partial charge is 0.379 e. The quantitative estimate of drug-likeness (QED) is 0.798. The van der Waals surface area contributed by atoms with E-state index >= 15 is 0 Å². The zero-order valence-corrected chi connectivity index (χ0v) is 11.6. The van der Waals surface area contributed by atoms with Crippen LogP contribution in [0, 0.1) is 12.7 Å². The van der Waals surface area contributed by atoms with Crippen LogP contribution in [0.25, 0.3) is 5.69 Å². The van der Waals surface area contributed by atoms with Crippen molar-refractivity contribution in [2.24, 2.45) is 0 Å². The minimum atomic E-state index is -0.254. The number of hydrogen-bond acceptors (Lipinski definition) is 3. The molecule has 1 N–H and O–H groups in total. The van der Waals surface area contributed by atoms with Crippen molar-refractivity contribution in [1.82, 2.24) is 15.0 Å². The standard InChI is InChI=1S/C16H15FN4/c1-12-7-8-13(17)9-16(12)18-10-14-11-19-21(20-14)15-5-3-2-4-6-15/h2-9,11,18H,10H2,1H3. The smallest absolute Gasteiger partial charge is 0.125 e. The molecule has 0 aliphatic heterocycles. The Morgan fingerprint density at radius 1 is 1.14 bits per heavy atom. The normalized spacial score (nSPS) is 10.6. The minimum Gasteiger partial charge on any atom is -0.379 e. The molecule has 0 radical (unpaired) electrons. The van der Waals surface area contributed by atoms with Gasteiger partial charge in [-0.15, -0.1) is 0 Å². The number of rotatable bonds is 4. The van der Waals surface area contributed by atoms with Gasteiger partial charge in [0.15, 0.2) is 0 Å². The number of hydrogen-bond donors (Lipinski definition) is 1. The molecule has 2 aromatic carbocycles. The van der Waals surface area contributed by atoms with Crippen LogP contribution in [0.2, 0.25) is 0 Å². The van der Waals surface area contributed by atoms with Crippen molar-refractivity contribution in [3.05, 3.63) is 71.8 Å². The van der Waals surface area contributed by atoms with E-state index < -0.39 is 0 Å². The Morgan fingerprint density at radius 3 is 2.76 bits per heavy atom. The first kappa shape index (κ1) is 13.3. The third-order valence-electron chi connectivity index (χ3n) is 3.19. The maximum absolute atomic E-state index is 13.2. The van der Waals surface area contributed by atoms with E-state index in [0.717, 1.165) is 22.6 Å². The summed E-state index contributed by atoms with van der Waals surface area (Å²) in [4.78, 5) is 1.58. The molecule has 0 fully saturated rings. The van der Waals surface area contributed by atoms with Gasteiger partial charge in [-0.3, -0.25) is 0 Å². The molecule has 5 heteroatoms. The van der Waals surface area contributed by atoms with Crippen molar-refractivity contribution >= 4 is 5.69 Å². The molecule has 3 aromatic rings.